The number of carbonyl (C=O) groups excluding carboxylic acids is 1. The van der Waals surface area contributed by atoms with Crippen molar-refractivity contribution < 1.29 is 4.79 Å². The van der Waals surface area contributed by atoms with Gasteiger partial charge < -0.3 is 10.2 Å². The molecule has 3 nitrogen and oxygen atoms in total. The van der Waals surface area contributed by atoms with Gasteiger partial charge in [-0.3, -0.25) is 4.79 Å². The van der Waals surface area contributed by atoms with Crippen LogP contribution in [0, 0.1) is 0 Å². The average Bonchev–Trinajstić information content (AvgIpc) is 2.96. The third-order valence-electron chi connectivity index (χ3n) is 3.80. The van der Waals surface area contributed by atoms with E-state index in [0.29, 0.717) is 5.56 Å². The number of hydrogen-bond donors (Lipinski definition) is 1. The van der Waals surface area contributed by atoms with E-state index in [0.717, 1.165) is 28.5 Å². The van der Waals surface area contributed by atoms with Crippen molar-refractivity contribution in [1.82, 2.24) is 5.32 Å². The van der Waals surface area contributed by atoms with E-state index in [1.54, 1.807) is 0 Å². The molecule has 1 unspecified atom stereocenters. The fraction of sp³-hybridized carbons (Fsp3) is 0.235. The first kappa shape index (κ1) is 15.6. The third-order valence-corrected chi connectivity index (χ3v) is 4.97. The first-order valence-electron chi connectivity index (χ1n) is 7.19. The van der Waals surface area contributed by atoms with E-state index in [9.17, 15) is 4.79 Å². The van der Waals surface area contributed by atoms with Crippen LogP contribution in [-0.2, 0) is 0 Å². The second-order valence-corrected chi connectivity index (χ2v) is 7.14. The third kappa shape index (κ3) is 3.52. The molecule has 5 heteroatoms. The highest BCUT2D eigenvalue weighted by Crippen LogP contribution is 2.28. The minimum absolute atomic E-state index is 0.0136. The number of hydrogen-bond acceptors (Lipinski definition) is 2. The molecule has 1 aliphatic rings. The van der Waals surface area contributed by atoms with Crippen molar-refractivity contribution in [3.05, 3.63) is 63.0 Å². The van der Waals surface area contributed by atoms with E-state index >= 15 is 0 Å². The average molecular weight is 424 g/mol. The lowest BCUT2D eigenvalue weighted by Crippen LogP contribution is -2.37. The van der Waals surface area contributed by atoms with Crippen LogP contribution in [0.15, 0.2) is 57.5 Å². The van der Waals surface area contributed by atoms with Crippen LogP contribution >= 0.6 is 31.9 Å². The Hall–Kier alpha value is -1.33. The molecule has 0 radical (unpaired) electrons. The molecule has 1 heterocycles. The van der Waals surface area contributed by atoms with Gasteiger partial charge in [0, 0.05) is 33.6 Å². The molecule has 2 aromatic rings. The molecule has 1 amide bonds. The highest BCUT2D eigenvalue weighted by molar-refractivity contribution is 9.10. The summed E-state index contributed by atoms with van der Waals surface area (Å²) in [7, 11) is 0. The predicted molar refractivity (Wildman–Crippen MR) is 96.4 cm³/mol. The number of carbonyl (C=O) groups is 1. The molecule has 1 fully saturated rings. The van der Waals surface area contributed by atoms with Crippen LogP contribution in [0.25, 0.3) is 0 Å². The van der Waals surface area contributed by atoms with Crippen molar-refractivity contribution in [3.63, 3.8) is 0 Å². The molecule has 2 aromatic carbocycles. The zero-order chi connectivity index (χ0) is 15.5. The van der Waals surface area contributed by atoms with Gasteiger partial charge in [-0.1, -0.05) is 34.1 Å². The zero-order valence-electron chi connectivity index (χ0n) is 11.9. The lowest BCUT2D eigenvalue weighted by atomic mass is 10.2. The fourth-order valence-corrected chi connectivity index (χ4v) is 3.64. The number of rotatable bonds is 3. The van der Waals surface area contributed by atoms with E-state index < -0.39 is 0 Å². The minimum Gasteiger partial charge on any atom is -0.368 e. The zero-order valence-corrected chi connectivity index (χ0v) is 15.1. The number of benzene rings is 2. The lowest BCUT2D eigenvalue weighted by Gasteiger charge is -2.20. The van der Waals surface area contributed by atoms with Gasteiger partial charge in [0.05, 0.1) is 5.69 Å². The highest BCUT2D eigenvalue weighted by atomic mass is 79.9. The summed E-state index contributed by atoms with van der Waals surface area (Å²) >= 11 is 6.99. The van der Waals surface area contributed by atoms with Crippen LogP contribution in [0.5, 0.6) is 0 Å². The monoisotopic (exact) mass is 422 g/mol. The Balaban J connectivity index is 1.64. The largest absolute Gasteiger partial charge is 0.368 e. The Morgan fingerprint density at radius 1 is 1.14 bits per heavy atom. The SMILES string of the molecule is O=C(NC1CCN(c2ccccc2Br)C1)c1cccc(Br)c1. The standard InChI is InChI=1S/C17H16Br2N2O/c18-13-5-3-4-12(10-13)17(22)20-14-8-9-21(11-14)16-7-2-1-6-15(16)19/h1-7,10,14H,8-9,11H2,(H,20,22). The Kier molecular flexibility index (Phi) is 4.84. The van der Waals surface area contributed by atoms with Crippen molar-refractivity contribution >= 4 is 43.5 Å². The van der Waals surface area contributed by atoms with Crippen molar-refractivity contribution in [2.24, 2.45) is 0 Å². The highest BCUT2D eigenvalue weighted by Gasteiger charge is 2.25. The maximum Gasteiger partial charge on any atom is 0.251 e. The first-order chi connectivity index (χ1) is 10.6. The van der Waals surface area contributed by atoms with Gasteiger partial charge in [0.15, 0.2) is 0 Å². The molecule has 0 bridgehead atoms. The Morgan fingerprint density at radius 2 is 1.95 bits per heavy atom. The maximum absolute atomic E-state index is 12.3. The summed E-state index contributed by atoms with van der Waals surface area (Å²) in [4.78, 5) is 14.6. The van der Waals surface area contributed by atoms with Gasteiger partial charge in [0.2, 0.25) is 0 Å². The summed E-state index contributed by atoms with van der Waals surface area (Å²) in [6.07, 6.45) is 0.959. The molecule has 1 atom stereocenters. The molecule has 0 saturated carbocycles. The molecular formula is C17H16Br2N2O. The quantitative estimate of drug-likeness (QED) is 0.801. The predicted octanol–water partition coefficient (Wildman–Crippen LogP) is 4.22. The lowest BCUT2D eigenvalue weighted by molar-refractivity contribution is 0.0940. The second kappa shape index (κ2) is 6.84. The summed E-state index contributed by atoms with van der Waals surface area (Å²) in [6, 6.07) is 15.8. The number of para-hydroxylation sites is 1. The van der Waals surface area contributed by atoms with E-state index in [-0.39, 0.29) is 11.9 Å². The van der Waals surface area contributed by atoms with Crippen LogP contribution < -0.4 is 10.2 Å². The van der Waals surface area contributed by atoms with Crippen molar-refractivity contribution in [3.8, 4) is 0 Å². The van der Waals surface area contributed by atoms with E-state index in [2.05, 4.69) is 48.1 Å². The Morgan fingerprint density at radius 3 is 2.73 bits per heavy atom. The van der Waals surface area contributed by atoms with Crippen LogP contribution in [0.2, 0.25) is 0 Å². The van der Waals surface area contributed by atoms with Gasteiger partial charge in [-0.15, -0.1) is 0 Å². The van der Waals surface area contributed by atoms with Gasteiger partial charge in [0.1, 0.15) is 0 Å². The second-order valence-electron chi connectivity index (χ2n) is 5.37. The van der Waals surface area contributed by atoms with Crippen LogP contribution in [0.3, 0.4) is 0 Å². The molecule has 0 aromatic heterocycles. The van der Waals surface area contributed by atoms with Gasteiger partial charge >= 0.3 is 0 Å². The molecule has 0 aliphatic carbocycles. The number of amides is 1. The van der Waals surface area contributed by atoms with E-state index in [1.807, 2.05) is 42.5 Å². The number of nitrogens with zero attached hydrogens (tertiary/aromatic N) is 1. The molecule has 1 saturated heterocycles. The minimum atomic E-state index is -0.0136. The molecule has 1 aliphatic heterocycles. The summed E-state index contributed by atoms with van der Waals surface area (Å²) in [5, 5.41) is 3.12. The van der Waals surface area contributed by atoms with E-state index in [4.69, 9.17) is 0 Å². The summed E-state index contributed by atoms with van der Waals surface area (Å²) in [6.45, 7) is 1.79. The van der Waals surface area contributed by atoms with Gasteiger partial charge in [-0.2, -0.15) is 0 Å². The topological polar surface area (TPSA) is 32.3 Å². The number of anilines is 1. The van der Waals surface area contributed by atoms with Crippen molar-refractivity contribution in [2.75, 3.05) is 18.0 Å². The summed E-state index contributed by atoms with van der Waals surface area (Å²) < 4.78 is 2.01. The molecule has 1 N–H and O–H groups in total. The number of halogens is 2. The molecule has 114 valence electrons. The van der Waals surface area contributed by atoms with Gasteiger partial charge in [-0.25, -0.2) is 0 Å². The first-order valence-corrected chi connectivity index (χ1v) is 8.78. The van der Waals surface area contributed by atoms with E-state index in [1.165, 1.54) is 5.69 Å². The number of nitrogens with one attached hydrogen (secondary N) is 1. The fourth-order valence-electron chi connectivity index (χ4n) is 2.70. The smallest absolute Gasteiger partial charge is 0.251 e. The van der Waals surface area contributed by atoms with Crippen LogP contribution in [-0.4, -0.2) is 25.0 Å². The van der Waals surface area contributed by atoms with Crippen molar-refractivity contribution in [1.29, 1.82) is 0 Å². The molecule has 3 rings (SSSR count). The molecule has 0 spiro atoms. The Labute approximate surface area is 147 Å². The normalized spacial score (nSPS) is 17.5. The Bertz CT molecular complexity index is 690. The van der Waals surface area contributed by atoms with Crippen LogP contribution in [0.4, 0.5) is 5.69 Å². The molecular weight excluding hydrogens is 408 g/mol. The summed E-state index contributed by atoms with van der Waals surface area (Å²) in [5.41, 5.74) is 1.87. The maximum atomic E-state index is 12.3. The summed E-state index contributed by atoms with van der Waals surface area (Å²) in [5.74, 6) is -0.0136. The van der Waals surface area contributed by atoms with Gasteiger partial charge in [-0.05, 0) is 52.7 Å². The van der Waals surface area contributed by atoms with Gasteiger partial charge in [0.25, 0.3) is 5.91 Å². The molecule has 22 heavy (non-hydrogen) atoms. The van der Waals surface area contributed by atoms with Crippen LogP contribution in [0.1, 0.15) is 16.8 Å². The van der Waals surface area contributed by atoms with Crippen molar-refractivity contribution in [2.45, 2.75) is 12.5 Å².